The summed E-state index contributed by atoms with van der Waals surface area (Å²) in [6.45, 7) is 1.58. The smallest absolute Gasteiger partial charge is 0.339 e. The van der Waals surface area contributed by atoms with Crippen LogP contribution in [0.25, 0.3) is 0 Å². The van der Waals surface area contributed by atoms with Gasteiger partial charge in [-0.1, -0.05) is 6.07 Å². The molecule has 1 amide bonds. The van der Waals surface area contributed by atoms with Gasteiger partial charge in [0.2, 0.25) is 0 Å². The number of carbonyl (C=O) groups excluding carboxylic acids is 2. The second kappa shape index (κ2) is 6.32. The molecule has 1 aromatic heterocycles. The van der Waals surface area contributed by atoms with Gasteiger partial charge in [0.05, 0.1) is 5.56 Å². The molecular formula is C17H17NO3S. The number of fused-ring (bicyclic) bond motifs is 1. The van der Waals surface area contributed by atoms with E-state index in [0.29, 0.717) is 5.56 Å². The molecule has 2 aromatic rings. The fraction of sp³-hybridized carbons (Fsp3) is 0.294. The summed E-state index contributed by atoms with van der Waals surface area (Å²) in [4.78, 5) is 24.0. The number of ether oxygens (including phenoxy) is 1. The number of esters is 1. The zero-order valence-corrected chi connectivity index (χ0v) is 13.1. The Labute approximate surface area is 133 Å². The number of rotatable bonds is 4. The van der Waals surface area contributed by atoms with E-state index in [1.54, 1.807) is 23.8 Å². The number of aryl methyl sites for hydroxylation is 2. The molecule has 114 valence electrons. The van der Waals surface area contributed by atoms with Gasteiger partial charge in [-0.2, -0.15) is 11.3 Å². The van der Waals surface area contributed by atoms with E-state index in [9.17, 15) is 9.59 Å². The van der Waals surface area contributed by atoms with Crippen molar-refractivity contribution in [3.63, 3.8) is 0 Å². The van der Waals surface area contributed by atoms with Crippen LogP contribution in [0.15, 0.2) is 35.0 Å². The first-order chi connectivity index (χ1) is 10.6. The van der Waals surface area contributed by atoms with Gasteiger partial charge in [-0.05, 0) is 60.9 Å². The minimum Gasteiger partial charge on any atom is -0.449 e. The fourth-order valence-corrected chi connectivity index (χ4v) is 3.18. The molecule has 0 unspecified atom stereocenters. The maximum atomic E-state index is 12.1. The lowest BCUT2D eigenvalue weighted by atomic mass is 10.1. The van der Waals surface area contributed by atoms with Crippen molar-refractivity contribution in [1.82, 2.24) is 0 Å². The highest BCUT2D eigenvalue weighted by Crippen LogP contribution is 2.25. The molecule has 3 rings (SSSR count). The van der Waals surface area contributed by atoms with Crippen molar-refractivity contribution in [3.05, 3.63) is 51.7 Å². The second-order valence-electron chi connectivity index (χ2n) is 5.39. The Hall–Kier alpha value is -2.14. The highest BCUT2D eigenvalue weighted by atomic mass is 32.1. The van der Waals surface area contributed by atoms with Crippen LogP contribution < -0.4 is 5.32 Å². The molecule has 0 radical (unpaired) electrons. The average Bonchev–Trinajstić information content (AvgIpc) is 3.18. The molecule has 1 atom stereocenters. The average molecular weight is 315 g/mol. The van der Waals surface area contributed by atoms with E-state index in [1.165, 1.54) is 28.9 Å². The number of hydrogen-bond donors (Lipinski definition) is 1. The number of thiophene rings is 1. The molecular weight excluding hydrogens is 298 g/mol. The summed E-state index contributed by atoms with van der Waals surface area (Å²) < 4.78 is 5.18. The van der Waals surface area contributed by atoms with E-state index < -0.39 is 12.1 Å². The van der Waals surface area contributed by atoms with Gasteiger partial charge < -0.3 is 10.1 Å². The first-order valence-corrected chi connectivity index (χ1v) is 8.23. The lowest BCUT2D eigenvalue weighted by molar-refractivity contribution is -0.123. The van der Waals surface area contributed by atoms with Crippen LogP contribution in [0, 0.1) is 0 Å². The number of nitrogens with one attached hydrogen (secondary N) is 1. The molecule has 0 spiro atoms. The molecule has 1 heterocycles. The molecule has 4 nitrogen and oxygen atoms in total. The molecule has 0 bridgehead atoms. The predicted molar refractivity (Wildman–Crippen MR) is 86.3 cm³/mol. The van der Waals surface area contributed by atoms with E-state index in [-0.39, 0.29) is 5.91 Å². The molecule has 1 aromatic carbocycles. The molecule has 0 saturated heterocycles. The molecule has 1 aliphatic carbocycles. The highest BCUT2D eigenvalue weighted by molar-refractivity contribution is 7.08. The number of amides is 1. The van der Waals surface area contributed by atoms with Gasteiger partial charge in [0.25, 0.3) is 5.91 Å². The monoisotopic (exact) mass is 315 g/mol. The van der Waals surface area contributed by atoms with Gasteiger partial charge in [-0.25, -0.2) is 4.79 Å². The molecule has 1 aliphatic rings. The quantitative estimate of drug-likeness (QED) is 0.880. The molecule has 0 fully saturated rings. The largest absolute Gasteiger partial charge is 0.449 e. The van der Waals surface area contributed by atoms with E-state index >= 15 is 0 Å². The molecule has 22 heavy (non-hydrogen) atoms. The van der Waals surface area contributed by atoms with Crippen molar-refractivity contribution in [2.24, 2.45) is 0 Å². The van der Waals surface area contributed by atoms with Crippen molar-refractivity contribution in [1.29, 1.82) is 0 Å². The summed E-state index contributed by atoms with van der Waals surface area (Å²) in [5, 5.41) is 6.31. The van der Waals surface area contributed by atoms with E-state index in [4.69, 9.17) is 4.74 Å². The van der Waals surface area contributed by atoms with Crippen molar-refractivity contribution in [2.45, 2.75) is 32.3 Å². The van der Waals surface area contributed by atoms with Crippen LogP contribution in [0.5, 0.6) is 0 Å². The minimum absolute atomic E-state index is 0.318. The van der Waals surface area contributed by atoms with Crippen LogP contribution in [-0.2, 0) is 22.4 Å². The Balaban J connectivity index is 1.60. The van der Waals surface area contributed by atoms with Crippen LogP contribution >= 0.6 is 11.3 Å². The number of carbonyl (C=O) groups is 2. The Morgan fingerprint density at radius 3 is 2.82 bits per heavy atom. The third kappa shape index (κ3) is 3.20. The van der Waals surface area contributed by atoms with E-state index in [0.717, 1.165) is 18.5 Å². The third-order valence-corrected chi connectivity index (χ3v) is 4.46. The van der Waals surface area contributed by atoms with Crippen molar-refractivity contribution < 1.29 is 14.3 Å². The predicted octanol–water partition coefficient (Wildman–Crippen LogP) is 3.42. The topological polar surface area (TPSA) is 55.4 Å². The number of benzene rings is 1. The lowest BCUT2D eigenvalue weighted by Crippen LogP contribution is -2.29. The van der Waals surface area contributed by atoms with Crippen molar-refractivity contribution >= 4 is 28.9 Å². The lowest BCUT2D eigenvalue weighted by Gasteiger charge is -2.13. The van der Waals surface area contributed by atoms with Gasteiger partial charge in [-0.3, -0.25) is 4.79 Å². The van der Waals surface area contributed by atoms with Gasteiger partial charge in [0.1, 0.15) is 0 Å². The summed E-state index contributed by atoms with van der Waals surface area (Å²) in [6.07, 6.45) is 2.50. The van der Waals surface area contributed by atoms with Gasteiger partial charge in [-0.15, -0.1) is 0 Å². The SMILES string of the molecule is C[C@H](OC(=O)c1ccsc1)C(=O)Nc1ccc2c(c1)CCC2. The standard InChI is InChI=1S/C17H17NO3S/c1-11(21-17(20)14-7-8-22-10-14)16(19)18-15-6-5-12-3-2-4-13(12)9-15/h5-11H,2-4H2,1H3,(H,18,19)/t11-/m0/s1. The summed E-state index contributed by atoms with van der Waals surface area (Å²) >= 11 is 1.42. The Morgan fingerprint density at radius 2 is 2.05 bits per heavy atom. The van der Waals surface area contributed by atoms with Crippen LogP contribution in [0.4, 0.5) is 5.69 Å². The number of anilines is 1. The first-order valence-electron chi connectivity index (χ1n) is 7.29. The molecule has 0 aliphatic heterocycles. The highest BCUT2D eigenvalue weighted by Gasteiger charge is 2.20. The maximum Gasteiger partial charge on any atom is 0.339 e. The van der Waals surface area contributed by atoms with Crippen LogP contribution in [0.2, 0.25) is 0 Å². The molecule has 0 saturated carbocycles. The normalized spacial score (nSPS) is 14.2. The van der Waals surface area contributed by atoms with Gasteiger partial charge >= 0.3 is 5.97 Å². The zero-order valence-electron chi connectivity index (χ0n) is 12.3. The summed E-state index contributed by atoms with van der Waals surface area (Å²) in [7, 11) is 0. The van der Waals surface area contributed by atoms with Crippen LogP contribution in [-0.4, -0.2) is 18.0 Å². The summed E-state index contributed by atoms with van der Waals surface area (Å²) in [5.74, 6) is -0.792. The Bertz CT molecular complexity index is 694. The summed E-state index contributed by atoms with van der Waals surface area (Å²) in [6, 6.07) is 7.64. The van der Waals surface area contributed by atoms with Crippen LogP contribution in [0.3, 0.4) is 0 Å². The summed E-state index contributed by atoms with van der Waals surface area (Å²) in [5.41, 5.74) is 3.88. The Morgan fingerprint density at radius 1 is 1.23 bits per heavy atom. The van der Waals surface area contributed by atoms with Crippen molar-refractivity contribution in [2.75, 3.05) is 5.32 Å². The Kier molecular flexibility index (Phi) is 4.24. The van der Waals surface area contributed by atoms with E-state index in [2.05, 4.69) is 11.4 Å². The van der Waals surface area contributed by atoms with Crippen molar-refractivity contribution in [3.8, 4) is 0 Å². The first kappa shape index (κ1) is 14.8. The van der Waals surface area contributed by atoms with Gasteiger partial charge in [0.15, 0.2) is 6.10 Å². The fourth-order valence-electron chi connectivity index (χ4n) is 2.56. The maximum absolute atomic E-state index is 12.1. The van der Waals surface area contributed by atoms with E-state index in [1.807, 2.05) is 12.1 Å². The molecule has 1 N–H and O–H groups in total. The number of hydrogen-bond acceptors (Lipinski definition) is 4. The molecule has 5 heteroatoms. The third-order valence-electron chi connectivity index (χ3n) is 3.78. The zero-order chi connectivity index (χ0) is 15.5. The van der Waals surface area contributed by atoms with Gasteiger partial charge in [0, 0.05) is 11.1 Å². The second-order valence-corrected chi connectivity index (χ2v) is 6.17. The van der Waals surface area contributed by atoms with Crippen LogP contribution in [0.1, 0.15) is 34.8 Å². The minimum atomic E-state index is -0.833.